The lowest BCUT2D eigenvalue weighted by Crippen LogP contribution is -2.43. The Hall–Kier alpha value is -11.3. The molecule has 7 aromatic rings. The molecule has 8 aliphatic heterocycles. The van der Waals surface area contributed by atoms with Crippen LogP contribution in [0.5, 0.6) is 0 Å². The average Bonchev–Trinajstić information content (AvgIpc) is 1.69. The quantitative estimate of drug-likeness (QED) is 0.0666. The fourth-order valence-corrected chi connectivity index (χ4v) is 17.7. The summed E-state index contributed by atoms with van der Waals surface area (Å²) in [5, 5.41) is 25.0. The minimum absolute atomic E-state index is 0.00125. The summed E-state index contributed by atoms with van der Waals surface area (Å²) in [6.07, 6.45) is 3.22. The SMILES string of the molecule is CC(C)(C)N1CC(C2CCCCC2)NC1=O.CC(C)(C)N1CC(c2ccc(C(F)(F)F)cc2)NC1=O.CC(C)(C)N1CC(c2cccc(C(F)(F)F)c2)NC1=O.CC(C)(C)N1CC(c2cccc(Cl)c2)NC1=O.CC(C)(C)N1CC(c2ccccc2Cl)NC1=O.CC(C)(C)N1CC(c2ccccn2)NC1=O.CC(C)(C)N1CC(c2cccnc2)NC1=O.CC(C)(C)N1C[C@H](c2ccccc2)NC1=O. The van der Waals surface area contributed by atoms with Crippen molar-refractivity contribution in [2.75, 3.05) is 52.4 Å². The first-order chi connectivity index (χ1) is 63.9. The standard InChI is InChI=1S/2C14H17F3N2O.2C13H17ClN2O.C13H24N2O.C13H18N2O.2C12H17N3O/c1-13(2,3)19-8-11(18-12(19)20)9-4-6-10(7-5-9)14(15,16)17;1-13(2,3)19-8-11(18-12(19)20)9-5-4-6-10(7-9)14(15,16)17;1-13(2,3)16-8-11(15-12(16)17)9-5-4-6-10(14)7-9;1-13(2,3)16-8-11(15-12(16)17)9-6-4-5-7-10(9)14;2*1-13(2,3)15-9-11(14-12(15)16)10-7-5-4-6-8-10;1-12(2,3)15-8-10(14-11(15)16)9-5-4-6-13-7-9;1-12(2,3)15-8-10(14-11(15)16)9-6-4-5-7-13-9/h2*4-7,11H,8H2,1-3H3,(H,18,20);2*4-7,11H,8H2,1-3H3,(H,15,17);10-11H,4-9H2,1-3H3,(H,14,16);4-8,11H,9H2,1-3H3,(H,14,16);2*4-7,10H,8H2,1-3H3,(H,14,16)/t;;;;;11-;;/m.....1../s1. The van der Waals surface area contributed by atoms with Crippen LogP contribution in [-0.2, 0) is 12.4 Å². The maximum atomic E-state index is 12.7. The highest BCUT2D eigenvalue weighted by Crippen LogP contribution is 2.39. The maximum absolute atomic E-state index is 12.7. The minimum Gasteiger partial charge on any atom is -0.333 e. The summed E-state index contributed by atoms with van der Waals surface area (Å²) < 4.78 is 75.6. The second-order valence-electron chi connectivity index (χ2n) is 44.0. The Morgan fingerprint density at radius 2 is 0.616 bits per heavy atom. The van der Waals surface area contributed by atoms with Crippen molar-refractivity contribution in [3.05, 3.63) is 237 Å². The van der Waals surface area contributed by atoms with E-state index in [1.807, 2.05) is 251 Å². The second-order valence-corrected chi connectivity index (χ2v) is 44.8. The fraction of sp³-hybridized carbons (Fsp3) is 0.538. The van der Waals surface area contributed by atoms with Crippen LogP contribution in [0.25, 0.3) is 0 Å². The highest BCUT2D eigenvalue weighted by Gasteiger charge is 2.46. The molecule has 2 aromatic heterocycles. The van der Waals surface area contributed by atoms with Crippen molar-refractivity contribution in [2.45, 2.75) is 303 Å². The molecular weight excluding hydrogens is 1810 g/mol. The van der Waals surface area contributed by atoms with Crippen molar-refractivity contribution in [1.29, 1.82) is 0 Å². The van der Waals surface area contributed by atoms with Crippen LogP contribution in [0.4, 0.5) is 64.7 Å². The molecule has 754 valence electrons. The van der Waals surface area contributed by atoms with E-state index in [0.717, 1.165) is 59.7 Å². The van der Waals surface area contributed by atoms with Crippen molar-refractivity contribution in [3.8, 4) is 0 Å². The van der Waals surface area contributed by atoms with Gasteiger partial charge in [-0.3, -0.25) is 9.97 Å². The van der Waals surface area contributed by atoms with E-state index in [1.165, 1.54) is 55.9 Å². The summed E-state index contributed by atoms with van der Waals surface area (Å²) in [6, 6.07) is 44.6. The van der Waals surface area contributed by atoms with E-state index in [4.69, 9.17) is 23.2 Å². The molecule has 8 atom stereocenters. The van der Waals surface area contributed by atoms with Gasteiger partial charge >= 0.3 is 60.6 Å². The summed E-state index contributed by atoms with van der Waals surface area (Å²) in [5.74, 6) is 0.713. The number of benzene rings is 5. The van der Waals surface area contributed by atoms with Crippen molar-refractivity contribution in [1.82, 2.24) is 91.7 Å². The second kappa shape index (κ2) is 44.9. The molecule has 9 aliphatic rings. The number of urea groups is 8. The van der Waals surface area contributed by atoms with E-state index in [0.29, 0.717) is 72.4 Å². The van der Waals surface area contributed by atoms with Crippen LogP contribution in [0.3, 0.4) is 0 Å². The Labute approximate surface area is 821 Å². The van der Waals surface area contributed by atoms with E-state index in [1.54, 1.807) is 34.5 Å². The van der Waals surface area contributed by atoms with Gasteiger partial charge in [0.2, 0.25) is 0 Å². The molecule has 8 N–H and O–H groups in total. The third-order valence-corrected chi connectivity index (χ3v) is 25.7. The molecule has 7 unspecified atom stereocenters. The Kier molecular flexibility index (Phi) is 35.9. The highest BCUT2D eigenvalue weighted by molar-refractivity contribution is 6.31. The number of hydrogen-bond donors (Lipinski definition) is 8. The smallest absolute Gasteiger partial charge is 0.333 e. The topological polar surface area (TPSA) is 285 Å². The maximum Gasteiger partial charge on any atom is 0.416 e. The molecule has 9 fully saturated rings. The van der Waals surface area contributed by atoms with Crippen molar-refractivity contribution in [3.63, 3.8) is 0 Å². The van der Waals surface area contributed by atoms with E-state index in [-0.39, 0.29) is 129 Å². The van der Waals surface area contributed by atoms with Gasteiger partial charge in [0.25, 0.3) is 0 Å². The molecule has 0 bridgehead atoms. The number of nitrogens with zero attached hydrogens (tertiary/aromatic N) is 10. The van der Waals surface area contributed by atoms with Gasteiger partial charge in [-0.05, 0) is 279 Å². The number of halogens is 8. The molecule has 34 heteroatoms. The molecule has 1 aliphatic carbocycles. The number of rotatable bonds is 8. The van der Waals surface area contributed by atoms with Crippen LogP contribution >= 0.6 is 23.2 Å². The first-order valence-corrected chi connectivity index (χ1v) is 48.0. The molecule has 10 heterocycles. The van der Waals surface area contributed by atoms with Crippen LogP contribution < -0.4 is 42.5 Å². The zero-order valence-corrected chi connectivity index (χ0v) is 85.9. The van der Waals surface area contributed by atoms with Gasteiger partial charge in [-0.25, -0.2) is 38.4 Å². The molecule has 16 amide bonds. The van der Waals surface area contributed by atoms with Crippen molar-refractivity contribution < 1.29 is 64.7 Å². The van der Waals surface area contributed by atoms with Gasteiger partial charge in [0, 0.05) is 125 Å². The Bertz CT molecular complexity index is 5070. The van der Waals surface area contributed by atoms with Crippen LogP contribution in [0.2, 0.25) is 10.0 Å². The van der Waals surface area contributed by atoms with Gasteiger partial charge in [0.15, 0.2) is 0 Å². The Balaban J connectivity index is 0.000000177. The van der Waals surface area contributed by atoms with Crippen LogP contribution in [0.15, 0.2) is 176 Å². The van der Waals surface area contributed by atoms with Crippen LogP contribution in [0, 0.1) is 5.92 Å². The molecule has 26 nitrogen and oxygen atoms in total. The Morgan fingerprint density at radius 3 is 0.986 bits per heavy atom. The molecule has 5 aromatic carbocycles. The third-order valence-electron chi connectivity index (χ3n) is 25.1. The summed E-state index contributed by atoms with van der Waals surface area (Å²) >= 11 is 12.1. The van der Waals surface area contributed by atoms with Gasteiger partial charge in [-0.1, -0.05) is 140 Å². The minimum atomic E-state index is -4.37. The molecule has 0 radical (unpaired) electrons. The van der Waals surface area contributed by atoms with Gasteiger partial charge in [0.05, 0.1) is 65.2 Å². The zero-order valence-electron chi connectivity index (χ0n) is 84.4. The van der Waals surface area contributed by atoms with Crippen LogP contribution in [-0.4, -0.2) is 200 Å². The summed E-state index contributed by atoms with van der Waals surface area (Å²) in [7, 11) is 0. The summed E-state index contributed by atoms with van der Waals surface area (Å²) in [4.78, 5) is 118. The predicted molar refractivity (Wildman–Crippen MR) is 530 cm³/mol. The van der Waals surface area contributed by atoms with E-state index in [2.05, 4.69) is 106 Å². The van der Waals surface area contributed by atoms with Crippen molar-refractivity contribution >= 4 is 71.5 Å². The number of nitrogens with one attached hydrogen (secondary N) is 8. The number of alkyl halides is 6. The first-order valence-electron chi connectivity index (χ1n) is 47.2. The third kappa shape index (κ3) is 30.6. The zero-order chi connectivity index (χ0) is 103. The summed E-state index contributed by atoms with van der Waals surface area (Å²) in [6.45, 7) is 53.5. The monoisotopic (exact) mass is 1960 g/mol. The number of pyridine rings is 2. The molecule has 1 saturated carbocycles. The average molecular weight is 1960 g/mol. The first kappa shape index (κ1) is 110. The van der Waals surface area contributed by atoms with Crippen LogP contribution in [0.1, 0.15) is 291 Å². The lowest BCUT2D eigenvalue weighted by molar-refractivity contribution is -0.138. The normalized spacial score (nSPS) is 21.5. The van der Waals surface area contributed by atoms with Gasteiger partial charge in [0.1, 0.15) is 0 Å². The fourth-order valence-electron chi connectivity index (χ4n) is 17.2. The number of carbonyl (C=O) groups is 8. The Morgan fingerprint density at radius 1 is 0.290 bits per heavy atom. The molecule has 8 saturated heterocycles. The number of carbonyl (C=O) groups excluding carboxylic acids is 8. The van der Waals surface area contributed by atoms with E-state index < -0.39 is 29.5 Å². The number of aromatic nitrogens is 2. The molecular formula is C104H144Cl2F6N18O8. The van der Waals surface area contributed by atoms with Gasteiger partial charge in [-0.15, -0.1) is 0 Å². The van der Waals surface area contributed by atoms with E-state index >= 15 is 0 Å². The largest absolute Gasteiger partial charge is 0.416 e. The lowest BCUT2D eigenvalue weighted by Gasteiger charge is -2.32. The predicted octanol–water partition coefficient (Wildman–Crippen LogP) is 22.8. The number of amides is 16. The molecule has 16 rings (SSSR count). The molecule has 0 spiro atoms. The van der Waals surface area contributed by atoms with Crippen molar-refractivity contribution in [2.24, 2.45) is 5.92 Å². The summed E-state index contributed by atoms with van der Waals surface area (Å²) in [5.41, 5.74) is 3.51. The lowest BCUT2D eigenvalue weighted by atomic mass is 9.84. The molecule has 138 heavy (non-hydrogen) atoms. The van der Waals surface area contributed by atoms with E-state index in [9.17, 15) is 64.7 Å². The van der Waals surface area contributed by atoms with Gasteiger partial charge < -0.3 is 81.7 Å². The highest BCUT2D eigenvalue weighted by atomic mass is 35.5. The number of hydrogen-bond acceptors (Lipinski definition) is 10. The van der Waals surface area contributed by atoms with Gasteiger partial charge in [-0.2, -0.15) is 26.3 Å².